The minimum Gasteiger partial charge on any atom is -0.458 e. The van der Waals surface area contributed by atoms with Gasteiger partial charge in [0.2, 0.25) is 0 Å². The molecule has 0 amide bonds. The molecule has 10 nitrogen and oxygen atoms in total. The Bertz CT molecular complexity index is 8910. The highest BCUT2D eigenvalue weighted by molar-refractivity contribution is 9.10. The third kappa shape index (κ3) is 12.6. The van der Waals surface area contributed by atoms with Crippen LogP contribution < -0.4 is 51.7 Å². The predicted molar refractivity (Wildman–Crippen MR) is 578 cm³/mol. The maximum absolute atomic E-state index is 7.17. The molecular formula is C124H97B2BrN6O4. The summed E-state index contributed by atoms with van der Waals surface area (Å²) in [5.74, 6) is 7.00. The van der Waals surface area contributed by atoms with Crippen molar-refractivity contribution < 1.29 is 18.9 Å². The topological polar surface area (TPSA) is 77.4 Å². The van der Waals surface area contributed by atoms with Crippen molar-refractivity contribution in [1.82, 2.24) is 27.8 Å². The van der Waals surface area contributed by atoms with Crippen molar-refractivity contribution in [2.24, 2.45) is 0 Å². The van der Waals surface area contributed by atoms with Crippen molar-refractivity contribution >= 4 is 193 Å². The van der Waals surface area contributed by atoms with Crippen LogP contribution in [0.2, 0.25) is 0 Å². The zero-order valence-electron chi connectivity index (χ0n) is 78.5. The molecule has 1 N–H and O–H groups in total. The van der Waals surface area contributed by atoms with E-state index in [2.05, 4.69) is 491 Å². The molecule has 0 aliphatic carbocycles. The highest BCUT2D eigenvalue weighted by atomic mass is 79.9. The summed E-state index contributed by atoms with van der Waals surface area (Å²) >= 11 is 3.62. The van der Waals surface area contributed by atoms with Gasteiger partial charge in [0, 0.05) is 120 Å². The Morgan fingerprint density at radius 3 is 0.752 bits per heavy atom. The van der Waals surface area contributed by atoms with Crippen LogP contribution in [0, 0.1) is 0 Å². The summed E-state index contributed by atoms with van der Waals surface area (Å²) in [7, 11) is 0. The molecule has 13 heteroatoms. The highest BCUT2D eigenvalue weighted by Crippen LogP contribution is 2.54. The second kappa shape index (κ2) is 30.3. The molecule has 0 radical (unpaired) electrons. The predicted octanol–water partition coefficient (Wildman–Crippen LogP) is 29.6. The molecule has 4 aliphatic heterocycles. The number of halogens is 1. The number of H-pyrrole nitrogens is 1. The summed E-state index contributed by atoms with van der Waals surface area (Å²) in [4.78, 5) is 3.87. The van der Waals surface area contributed by atoms with Crippen LogP contribution in [0.5, 0.6) is 46.0 Å². The summed E-state index contributed by atoms with van der Waals surface area (Å²) in [6.07, 6.45) is 0. The first-order chi connectivity index (χ1) is 66.4. The lowest BCUT2D eigenvalue weighted by Crippen LogP contribution is -2.57. The molecule has 0 saturated heterocycles. The number of ether oxygens (including phenoxy) is 4. The molecule has 10 heterocycles. The average Bonchev–Trinajstić information content (AvgIpc) is 1.51. The van der Waals surface area contributed by atoms with Crippen molar-refractivity contribution in [3.05, 3.63) is 391 Å². The molecule has 0 fully saturated rings. The summed E-state index contributed by atoms with van der Waals surface area (Å²) in [5, 5.41) is 14.8. The second-order valence-corrected chi connectivity index (χ2v) is 42.5. The maximum atomic E-state index is 7.17. The van der Waals surface area contributed by atoms with E-state index in [1.165, 1.54) is 147 Å². The lowest BCUT2D eigenvalue weighted by Gasteiger charge is -2.35. The van der Waals surface area contributed by atoms with E-state index in [-0.39, 0.29) is 35.1 Å². The zero-order valence-corrected chi connectivity index (χ0v) is 80.1. The molecular weight excluding hydrogens is 1740 g/mol. The molecule has 0 bridgehead atoms. The zero-order chi connectivity index (χ0) is 92.7. The van der Waals surface area contributed by atoms with Gasteiger partial charge in [-0.25, -0.2) is 0 Å². The molecule has 0 unspecified atom stereocenters. The van der Waals surface area contributed by atoms with E-state index in [0.717, 1.165) is 117 Å². The molecule has 0 saturated carbocycles. The number of nitrogens with one attached hydrogen (secondary N) is 1. The van der Waals surface area contributed by atoms with Crippen LogP contribution in [0.4, 0.5) is 0 Å². The summed E-state index contributed by atoms with van der Waals surface area (Å²) < 4.78 is 40.5. The number of nitrogens with zero attached hydrogens (tertiary/aromatic N) is 5. The Morgan fingerprint density at radius 1 is 0.226 bits per heavy atom. The van der Waals surface area contributed by atoms with Gasteiger partial charge in [-0.05, 0) is 187 Å². The van der Waals surface area contributed by atoms with Crippen LogP contribution in [-0.4, -0.2) is 41.2 Å². The first kappa shape index (κ1) is 82.3. The second-order valence-electron chi connectivity index (χ2n) is 41.6. The molecule has 28 rings (SSSR count). The molecule has 18 aromatic carbocycles. The van der Waals surface area contributed by atoms with Crippen LogP contribution in [0.15, 0.2) is 368 Å². The summed E-state index contributed by atoms with van der Waals surface area (Å²) in [6, 6.07) is 132. The van der Waals surface area contributed by atoms with Crippen molar-refractivity contribution in [1.29, 1.82) is 0 Å². The number of para-hydroxylation sites is 10. The number of benzene rings is 18. The van der Waals surface area contributed by atoms with Gasteiger partial charge in [-0.15, -0.1) is 0 Å². The van der Waals surface area contributed by atoms with E-state index >= 15 is 0 Å². The van der Waals surface area contributed by atoms with Crippen molar-refractivity contribution in [2.75, 3.05) is 0 Å². The number of hydrogen-bond acceptors (Lipinski definition) is 4. The van der Waals surface area contributed by atoms with Crippen LogP contribution in [-0.2, 0) is 21.7 Å². The molecule has 4 aliphatic rings. The van der Waals surface area contributed by atoms with Gasteiger partial charge in [-0.2, -0.15) is 0 Å². The minimum absolute atomic E-state index is 0.0353. The van der Waals surface area contributed by atoms with Gasteiger partial charge in [-0.1, -0.05) is 330 Å². The standard InChI is InChI=1S/C62H48BN3O2.C36H23N3.C26H26BBrO2/c1-61(2,3)37-29-31-50-45(33-37)63-46-34-38(62(4,5)6)30-32-51(46)68-53-36-41(35-52(67-50)57(53)63)66-49-28-18-15-25-44(49)56-59-54(42-23-13-16-26-47(42)64(59)39-19-9-7-10-20-39)58-55(60(56)66)43-24-14-17-27-48(43)65(58)40-21-11-8-12-22-40;1-3-13-23(14-4-1)38-29-21-11-8-18-26(29)32-34-31(25-17-7-10-20-28(25)37-34)35-33(36(32)38)27-19-9-12-22-30(27)39(35)24-15-5-2-6-16-24;1-25(2,3)15-7-9-20-18(11-15)27-19-12-16(26(4,5)6)8-10-21(19)30-23-14-17(28)13-22(29-20)24(23)27/h7-36H,1-6H3;1-22,37H;7-14H,1-6H3. The Morgan fingerprint density at radius 2 is 0.460 bits per heavy atom. The van der Waals surface area contributed by atoms with Gasteiger partial charge in [-0.3, -0.25) is 0 Å². The van der Waals surface area contributed by atoms with Crippen molar-refractivity contribution in [3.8, 4) is 74.4 Å². The lowest BCUT2D eigenvalue weighted by atomic mass is 9.34. The van der Waals surface area contributed by atoms with E-state index in [1.807, 2.05) is 0 Å². The highest BCUT2D eigenvalue weighted by Gasteiger charge is 2.45. The normalized spacial score (nSPS) is 13.2. The van der Waals surface area contributed by atoms with E-state index in [9.17, 15) is 0 Å². The van der Waals surface area contributed by atoms with Crippen LogP contribution in [0.25, 0.3) is 159 Å². The van der Waals surface area contributed by atoms with Crippen molar-refractivity contribution in [3.63, 3.8) is 0 Å². The SMILES string of the molecule is CC(C)(C)c1ccc2c(c1)B1c3cc(C(C)(C)C)ccc3Oc3cc(-n4c5ccccc5c5c6c(c7ccccc7n6-c6ccccc6)c6c(c7ccccc7n6-c6ccccc6)c54)cc(c31)O2.CC(C)(C)c1ccc2c(c1)B1c3cc(C(C)(C)C)ccc3Oc3cc(Br)cc(c31)O2.c1ccc(-n2c3ccccc3c3c4[nH]c5ccccc5c4c4c(c5ccccc5n4-c4ccccc4)c32)cc1. The molecule has 24 aromatic rings. The summed E-state index contributed by atoms with van der Waals surface area (Å²) in [6.45, 7) is 27.3. The number of fused-ring (bicyclic) bond motifs is 32. The van der Waals surface area contributed by atoms with Gasteiger partial charge in [0.15, 0.2) is 0 Å². The van der Waals surface area contributed by atoms with Crippen LogP contribution in [0.3, 0.4) is 0 Å². The van der Waals surface area contributed by atoms with Crippen LogP contribution in [0.1, 0.15) is 105 Å². The minimum atomic E-state index is -0.0685. The van der Waals surface area contributed by atoms with Gasteiger partial charge in [0.25, 0.3) is 13.4 Å². The first-order valence-electron chi connectivity index (χ1n) is 47.8. The fourth-order valence-electron chi connectivity index (χ4n) is 22.8. The van der Waals surface area contributed by atoms with Crippen molar-refractivity contribution in [2.45, 2.75) is 105 Å². The molecule has 6 aromatic heterocycles. The maximum Gasteiger partial charge on any atom is 0.260 e. The largest absolute Gasteiger partial charge is 0.458 e. The fourth-order valence-corrected chi connectivity index (χ4v) is 23.2. The third-order valence-corrected chi connectivity index (χ3v) is 29.6. The number of aromatic amines is 1. The monoisotopic (exact) mass is 1830 g/mol. The third-order valence-electron chi connectivity index (χ3n) is 29.2. The Kier molecular flexibility index (Phi) is 18.2. The molecule has 0 atom stereocenters. The Hall–Kier alpha value is -15.4. The number of aromatic nitrogens is 6. The number of rotatable bonds is 5. The van der Waals surface area contributed by atoms with Crippen LogP contribution >= 0.6 is 15.9 Å². The molecule has 0 spiro atoms. The number of hydrogen-bond donors (Lipinski definition) is 1. The Balaban J connectivity index is 0.000000118. The van der Waals surface area contributed by atoms with Gasteiger partial charge in [0.05, 0.1) is 66.4 Å². The van der Waals surface area contributed by atoms with E-state index in [0.29, 0.717) is 0 Å². The molecule has 660 valence electrons. The van der Waals surface area contributed by atoms with E-state index in [4.69, 9.17) is 18.9 Å². The lowest BCUT2D eigenvalue weighted by molar-refractivity contribution is 0.462. The fraction of sp³-hybridized carbons (Fsp3) is 0.129. The average molecular weight is 1840 g/mol. The Labute approximate surface area is 803 Å². The summed E-state index contributed by atoms with van der Waals surface area (Å²) in [5.41, 5.74) is 31.9. The smallest absolute Gasteiger partial charge is 0.260 e. The van der Waals surface area contributed by atoms with E-state index in [1.54, 1.807) is 0 Å². The van der Waals surface area contributed by atoms with Gasteiger partial charge in [0.1, 0.15) is 46.0 Å². The molecule has 137 heavy (non-hydrogen) atoms. The van der Waals surface area contributed by atoms with Gasteiger partial charge >= 0.3 is 0 Å². The quantitative estimate of drug-likeness (QED) is 0.174. The first-order valence-corrected chi connectivity index (χ1v) is 48.6. The van der Waals surface area contributed by atoms with Gasteiger partial charge < -0.3 is 46.8 Å². The van der Waals surface area contributed by atoms with E-state index < -0.39 is 0 Å².